The van der Waals surface area contributed by atoms with E-state index in [9.17, 15) is 0 Å². The third-order valence-corrected chi connectivity index (χ3v) is 2.00. The van der Waals surface area contributed by atoms with Gasteiger partial charge in [0.25, 0.3) is 0 Å². The lowest BCUT2D eigenvalue weighted by atomic mass is 10.1. The van der Waals surface area contributed by atoms with Crippen LogP contribution < -0.4 is 4.74 Å². The molecule has 1 heterocycles. The number of hydrogen-bond acceptors (Lipinski definition) is 3. The van der Waals surface area contributed by atoms with Crippen molar-refractivity contribution in [3.8, 4) is 6.01 Å². The van der Waals surface area contributed by atoms with Gasteiger partial charge in [-0.3, -0.25) is 0 Å². The molecule has 0 N–H and O–H groups in total. The van der Waals surface area contributed by atoms with Gasteiger partial charge in [0.15, 0.2) is 0 Å². The van der Waals surface area contributed by atoms with Gasteiger partial charge in [0.05, 0.1) is 12.6 Å². The lowest BCUT2D eigenvalue weighted by Crippen LogP contribution is -1.91. The van der Waals surface area contributed by atoms with E-state index < -0.39 is 0 Å². The molecule has 0 atom stereocenters. The van der Waals surface area contributed by atoms with Gasteiger partial charge in [-0.05, 0) is 17.7 Å². The molecular weight excluding hydrogens is 176 g/mol. The Morgan fingerprint density at radius 2 is 2.29 bits per heavy atom. The molecule has 0 unspecified atom stereocenters. The third kappa shape index (κ3) is 1.44. The highest BCUT2D eigenvalue weighted by atomic mass is 16.5. The molecule has 0 saturated carbocycles. The quantitative estimate of drug-likeness (QED) is 0.721. The standard InChI is InChI=1S/C11H10N2O/c1-3-8-4-5-10-9(6-8)7-12-11(13-10)14-2/h3-7H,1H2,2H3. The summed E-state index contributed by atoms with van der Waals surface area (Å²) in [6.45, 7) is 3.71. The Hall–Kier alpha value is -1.90. The van der Waals surface area contributed by atoms with Crippen molar-refractivity contribution in [3.63, 3.8) is 0 Å². The Labute approximate surface area is 82.1 Å². The number of nitrogens with zero attached hydrogens (tertiary/aromatic N) is 2. The largest absolute Gasteiger partial charge is 0.467 e. The van der Waals surface area contributed by atoms with Crippen LogP contribution in [0.2, 0.25) is 0 Å². The van der Waals surface area contributed by atoms with Gasteiger partial charge in [0.2, 0.25) is 0 Å². The summed E-state index contributed by atoms with van der Waals surface area (Å²) in [5.41, 5.74) is 1.94. The normalized spacial score (nSPS) is 10.1. The summed E-state index contributed by atoms with van der Waals surface area (Å²) < 4.78 is 4.94. The summed E-state index contributed by atoms with van der Waals surface area (Å²) in [6.07, 6.45) is 3.54. The van der Waals surface area contributed by atoms with E-state index >= 15 is 0 Å². The zero-order valence-corrected chi connectivity index (χ0v) is 7.90. The van der Waals surface area contributed by atoms with E-state index in [2.05, 4.69) is 16.5 Å². The fourth-order valence-corrected chi connectivity index (χ4v) is 1.26. The van der Waals surface area contributed by atoms with Crippen molar-refractivity contribution in [3.05, 3.63) is 36.5 Å². The minimum Gasteiger partial charge on any atom is -0.467 e. The number of aromatic nitrogens is 2. The number of hydrogen-bond donors (Lipinski definition) is 0. The van der Waals surface area contributed by atoms with Crippen LogP contribution in [0.3, 0.4) is 0 Å². The van der Waals surface area contributed by atoms with Crippen LogP contribution in [0.15, 0.2) is 31.0 Å². The lowest BCUT2D eigenvalue weighted by Gasteiger charge is -2.00. The summed E-state index contributed by atoms with van der Waals surface area (Å²) in [5.74, 6) is 0. The molecule has 1 aromatic heterocycles. The van der Waals surface area contributed by atoms with Gasteiger partial charge < -0.3 is 4.74 Å². The second-order valence-corrected chi connectivity index (χ2v) is 2.88. The molecule has 1 aromatic carbocycles. The van der Waals surface area contributed by atoms with Crippen LogP contribution in [0, 0.1) is 0 Å². The molecule has 0 amide bonds. The molecule has 2 aromatic rings. The van der Waals surface area contributed by atoms with E-state index in [0.29, 0.717) is 6.01 Å². The van der Waals surface area contributed by atoms with Crippen LogP contribution in [0.4, 0.5) is 0 Å². The maximum absolute atomic E-state index is 4.94. The summed E-state index contributed by atoms with van der Waals surface area (Å²) >= 11 is 0. The number of methoxy groups -OCH3 is 1. The first-order valence-electron chi connectivity index (χ1n) is 4.27. The molecule has 3 heteroatoms. The van der Waals surface area contributed by atoms with Crippen molar-refractivity contribution in [1.82, 2.24) is 9.97 Å². The van der Waals surface area contributed by atoms with Gasteiger partial charge in [0, 0.05) is 11.6 Å². The summed E-state index contributed by atoms with van der Waals surface area (Å²) in [4.78, 5) is 8.23. The lowest BCUT2D eigenvalue weighted by molar-refractivity contribution is 0.382. The highest BCUT2D eigenvalue weighted by Gasteiger charge is 1.99. The molecule has 0 fully saturated rings. The Morgan fingerprint density at radius 3 is 3.00 bits per heavy atom. The van der Waals surface area contributed by atoms with E-state index in [1.54, 1.807) is 19.4 Å². The molecular formula is C11H10N2O. The van der Waals surface area contributed by atoms with Crippen molar-refractivity contribution in [2.75, 3.05) is 7.11 Å². The van der Waals surface area contributed by atoms with Crippen LogP contribution in [-0.2, 0) is 0 Å². The minimum atomic E-state index is 0.392. The minimum absolute atomic E-state index is 0.392. The number of benzene rings is 1. The monoisotopic (exact) mass is 186 g/mol. The molecule has 0 radical (unpaired) electrons. The van der Waals surface area contributed by atoms with Gasteiger partial charge in [-0.2, -0.15) is 4.98 Å². The Balaban J connectivity index is 2.63. The molecule has 0 aliphatic carbocycles. The summed E-state index contributed by atoms with van der Waals surface area (Å²) in [5, 5.41) is 0.989. The Bertz CT molecular complexity index is 480. The molecule has 3 nitrogen and oxygen atoms in total. The first-order chi connectivity index (χ1) is 6.83. The molecule has 14 heavy (non-hydrogen) atoms. The van der Waals surface area contributed by atoms with Gasteiger partial charge in [-0.1, -0.05) is 18.7 Å². The highest BCUT2D eigenvalue weighted by molar-refractivity contribution is 5.80. The molecule has 0 aliphatic rings. The second kappa shape index (κ2) is 3.46. The topological polar surface area (TPSA) is 35.0 Å². The first kappa shape index (κ1) is 8.69. The molecule has 0 spiro atoms. The summed E-state index contributed by atoms with van der Waals surface area (Å²) in [7, 11) is 1.55. The highest BCUT2D eigenvalue weighted by Crippen LogP contribution is 2.15. The van der Waals surface area contributed by atoms with Crippen molar-refractivity contribution < 1.29 is 4.74 Å². The maximum Gasteiger partial charge on any atom is 0.316 e. The maximum atomic E-state index is 4.94. The fraction of sp³-hybridized carbons (Fsp3) is 0.0909. The number of fused-ring (bicyclic) bond motifs is 1. The van der Waals surface area contributed by atoms with E-state index in [1.807, 2.05) is 18.2 Å². The van der Waals surface area contributed by atoms with Crippen molar-refractivity contribution in [2.24, 2.45) is 0 Å². The Kier molecular flexibility index (Phi) is 2.14. The predicted octanol–water partition coefficient (Wildman–Crippen LogP) is 2.28. The molecule has 2 rings (SSSR count). The average Bonchev–Trinajstić information content (AvgIpc) is 2.27. The van der Waals surface area contributed by atoms with E-state index in [0.717, 1.165) is 16.5 Å². The molecule has 0 aliphatic heterocycles. The number of rotatable bonds is 2. The molecule has 0 bridgehead atoms. The van der Waals surface area contributed by atoms with Crippen LogP contribution in [0.5, 0.6) is 6.01 Å². The van der Waals surface area contributed by atoms with Gasteiger partial charge in [0.1, 0.15) is 0 Å². The second-order valence-electron chi connectivity index (χ2n) is 2.88. The van der Waals surface area contributed by atoms with Gasteiger partial charge >= 0.3 is 6.01 Å². The number of ether oxygens (including phenoxy) is 1. The fourth-order valence-electron chi connectivity index (χ4n) is 1.26. The van der Waals surface area contributed by atoms with Crippen LogP contribution in [0.25, 0.3) is 17.0 Å². The van der Waals surface area contributed by atoms with Gasteiger partial charge in [-0.25, -0.2) is 4.98 Å². The van der Waals surface area contributed by atoms with Crippen molar-refractivity contribution >= 4 is 17.0 Å². The smallest absolute Gasteiger partial charge is 0.316 e. The average molecular weight is 186 g/mol. The van der Waals surface area contributed by atoms with E-state index in [1.165, 1.54) is 0 Å². The Morgan fingerprint density at radius 1 is 1.43 bits per heavy atom. The van der Waals surface area contributed by atoms with Crippen molar-refractivity contribution in [1.29, 1.82) is 0 Å². The van der Waals surface area contributed by atoms with Crippen LogP contribution in [-0.4, -0.2) is 17.1 Å². The zero-order valence-electron chi connectivity index (χ0n) is 7.90. The van der Waals surface area contributed by atoms with E-state index in [4.69, 9.17) is 4.74 Å². The van der Waals surface area contributed by atoms with Crippen LogP contribution in [0.1, 0.15) is 5.56 Å². The molecule has 0 saturated heterocycles. The third-order valence-electron chi connectivity index (χ3n) is 2.00. The van der Waals surface area contributed by atoms with Crippen molar-refractivity contribution in [2.45, 2.75) is 0 Å². The SMILES string of the molecule is C=Cc1ccc2nc(OC)ncc2c1. The predicted molar refractivity (Wildman–Crippen MR) is 56.2 cm³/mol. The summed E-state index contributed by atoms with van der Waals surface area (Å²) in [6, 6.07) is 6.27. The van der Waals surface area contributed by atoms with Crippen LogP contribution >= 0.6 is 0 Å². The molecule has 70 valence electrons. The van der Waals surface area contributed by atoms with Gasteiger partial charge in [-0.15, -0.1) is 0 Å². The first-order valence-corrected chi connectivity index (χ1v) is 4.27. The zero-order chi connectivity index (χ0) is 9.97. The van der Waals surface area contributed by atoms with E-state index in [-0.39, 0.29) is 0 Å².